The van der Waals surface area contributed by atoms with Gasteiger partial charge in [0.1, 0.15) is 11.9 Å². The Morgan fingerprint density at radius 1 is 1.39 bits per heavy atom. The number of hydrogen-bond acceptors (Lipinski definition) is 6. The topological polar surface area (TPSA) is 97.3 Å². The molecule has 0 heterocycles. The van der Waals surface area contributed by atoms with Crippen molar-refractivity contribution in [1.82, 2.24) is 5.32 Å². The van der Waals surface area contributed by atoms with Crippen LogP contribution in [0, 0.1) is 0 Å². The largest absolute Gasteiger partial charge is 0.497 e. The predicted molar refractivity (Wildman–Crippen MR) is 105 cm³/mol. The van der Waals surface area contributed by atoms with Crippen LogP contribution in [0.4, 0.5) is 0 Å². The van der Waals surface area contributed by atoms with Crippen LogP contribution in [0.3, 0.4) is 0 Å². The van der Waals surface area contributed by atoms with Crippen LogP contribution >= 0.6 is 0 Å². The molecule has 156 valence electrons. The lowest BCUT2D eigenvalue weighted by atomic mass is 9.78. The molecule has 2 rings (SSSR count). The van der Waals surface area contributed by atoms with E-state index in [0.717, 1.165) is 5.56 Å². The van der Waals surface area contributed by atoms with E-state index < -0.39 is 23.9 Å². The molecule has 1 aliphatic rings. The number of aliphatic hydroxyl groups is 2. The summed E-state index contributed by atoms with van der Waals surface area (Å²) in [5, 5.41) is 23.6. The molecule has 28 heavy (non-hydrogen) atoms. The number of benzene rings is 1. The van der Waals surface area contributed by atoms with Gasteiger partial charge in [-0.05, 0) is 31.5 Å². The molecule has 0 saturated heterocycles. The van der Waals surface area contributed by atoms with Crippen molar-refractivity contribution in [3.8, 4) is 5.75 Å². The third-order valence-corrected chi connectivity index (χ3v) is 4.76. The molecule has 1 saturated carbocycles. The number of ether oxygens (including phenoxy) is 3. The summed E-state index contributed by atoms with van der Waals surface area (Å²) in [6.45, 7) is 7.66. The van der Waals surface area contributed by atoms with E-state index in [0.29, 0.717) is 5.75 Å². The van der Waals surface area contributed by atoms with Gasteiger partial charge < -0.3 is 29.7 Å². The molecular formula is C21H31NO6. The molecule has 7 nitrogen and oxygen atoms in total. The highest BCUT2D eigenvalue weighted by Crippen LogP contribution is 2.35. The molecule has 0 aliphatic heterocycles. The van der Waals surface area contributed by atoms with Crippen LogP contribution in [0.15, 0.2) is 36.9 Å². The van der Waals surface area contributed by atoms with Gasteiger partial charge in [-0.15, -0.1) is 6.58 Å². The third kappa shape index (κ3) is 5.54. The van der Waals surface area contributed by atoms with Gasteiger partial charge in [0.2, 0.25) is 0 Å². The molecule has 1 aliphatic carbocycles. The minimum Gasteiger partial charge on any atom is -0.497 e. The summed E-state index contributed by atoms with van der Waals surface area (Å²) in [4.78, 5) is 13.0. The van der Waals surface area contributed by atoms with E-state index in [1.54, 1.807) is 13.2 Å². The Morgan fingerprint density at radius 3 is 2.79 bits per heavy atom. The summed E-state index contributed by atoms with van der Waals surface area (Å²) < 4.78 is 16.9. The Balaban J connectivity index is 2.25. The van der Waals surface area contributed by atoms with E-state index in [-0.39, 0.29) is 38.0 Å². The van der Waals surface area contributed by atoms with Gasteiger partial charge in [0.25, 0.3) is 5.91 Å². The van der Waals surface area contributed by atoms with Gasteiger partial charge in [0, 0.05) is 18.9 Å². The lowest BCUT2D eigenvalue weighted by Gasteiger charge is -2.44. The molecule has 4 atom stereocenters. The average Bonchev–Trinajstić information content (AvgIpc) is 2.67. The monoisotopic (exact) mass is 393 g/mol. The number of carbonyl (C=O) groups is 1. The van der Waals surface area contributed by atoms with Crippen molar-refractivity contribution in [2.75, 3.05) is 13.7 Å². The quantitative estimate of drug-likeness (QED) is 0.551. The fourth-order valence-electron chi connectivity index (χ4n) is 3.33. The van der Waals surface area contributed by atoms with E-state index >= 15 is 0 Å². The molecule has 1 aromatic carbocycles. The highest BCUT2D eigenvalue weighted by atomic mass is 16.5. The second-order valence-corrected chi connectivity index (χ2v) is 7.39. The predicted octanol–water partition coefficient (Wildman–Crippen LogP) is 1.56. The summed E-state index contributed by atoms with van der Waals surface area (Å²) in [5.74, 6) is 0.358. The Kier molecular flexibility index (Phi) is 8.00. The van der Waals surface area contributed by atoms with Gasteiger partial charge in [-0.25, -0.2) is 0 Å². The zero-order valence-corrected chi connectivity index (χ0v) is 16.8. The molecule has 1 fully saturated rings. The summed E-state index contributed by atoms with van der Waals surface area (Å²) in [6, 6.07) is 7.27. The minimum atomic E-state index is -1.32. The van der Waals surface area contributed by atoms with Crippen LogP contribution in [0.25, 0.3) is 0 Å². The lowest BCUT2D eigenvalue weighted by Crippen LogP contribution is -2.61. The number of rotatable bonds is 9. The number of carbonyl (C=O) groups excluding carboxylic acids is 1. The molecule has 1 amide bonds. The molecule has 0 aromatic heterocycles. The van der Waals surface area contributed by atoms with Crippen molar-refractivity contribution >= 4 is 5.91 Å². The SMILES string of the molecule is C=CCO[C@H]1C[C@](OCc2cccc(OC)c2)(C(=O)NC(C)C)C[C@@H](O)[C@H]1O. The summed E-state index contributed by atoms with van der Waals surface area (Å²) in [6.07, 6.45) is -1.33. The molecule has 0 radical (unpaired) electrons. The summed E-state index contributed by atoms with van der Waals surface area (Å²) >= 11 is 0. The fraction of sp³-hybridized carbons (Fsp3) is 0.571. The second-order valence-electron chi connectivity index (χ2n) is 7.39. The van der Waals surface area contributed by atoms with Gasteiger partial charge >= 0.3 is 0 Å². The maximum Gasteiger partial charge on any atom is 0.252 e. The van der Waals surface area contributed by atoms with E-state index in [1.807, 2.05) is 38.1 Å². The van der Waals surface area contributed by atoms with E-state index in [4.69, 9.17) is 14.2 Å². The van der Waals surface area contributed by atoms with E-state index in [9.17, 15) is 15.0 Å². The normalized spacial score (nSPS) is 27.4. The molecular weight excluding hydrogens is 362 g/mol. The van der Waals surface area contributed by atoms with Crippen LogP contribution < -0.4 is 10.1 Å². The maximum atomic E-state index is 13.0. The van der Waals surface area contributed by atoms with Crippen LogP contribution in [-0.4, -0.2) is 59.8 Å². The Hall–Kier alpha value is -1.93. The van der Waals surface area contributed by atoms with Gasteiger partial charge in [-0.3, -0.25) is 4.79 Å². The molecule has 0 spiro atoms. The first-order valence-corrected chi connectivity index (χ1v) is 9.48. The number of aliphatic hydroxyl groups excluding tert-OH is 2. The van der Waals surface area contributed by atoms with Gasteiger partial charge in [-0.2, -0.15) is 0 Å². The number of amides is 1. The first-order chi connectivity index (χ1) is 13.3. The smallest absolute Gasteiger partial charge is 0.252 e. The Morgan fingerprint density at radius 2 is 2.14 bits per heavy atom. The number of methoxy groups -OCH3 is 1. The van der Waals surface area contributed by atoms with Crippen LogP contribution in [0.2, 0.25) is 0 Å². The standard InChI is InChI=1S/C21H31NO6/c1-5-9-27-18-12-21(11-17(23)19(18)24,20(25)22-14(2)3)28-13-15-7-6-8-16(10-15)26-4/h5-8,10,14,17-19,23-24H,1,9,11-13H2,2-4H3,(H,22,25)/t17-,18+,19-,21+/m1/s1. The number of hydrogen-bond donors (Lipinski definition) is 3. The van der Waals surface area contributed by atoms with E-state index in [1.165, 1.54) is 0 Å². The first-order valence-electron chi connectivity index (χ1n) is 9.48. The zero-order valence-electron chi connectivity index (χ0n) is 16.8. The Bertz CT molecular complexity index is 664. The average molecular weight is 393 g/mol. The lowest BCUT2D eigenvalue weighted by molar-refractivity contribution is -0.196. The van der Waals surface area contributed by atoms with Crippen LogP contribution in [0.5, 0.6) is 5.75 Å². The maximum absolute atomic E-state index is 13.0. The van der Waals surface area contributed by atoms with Crippen molar-refractivity contribution in [2.24, 2.45) is 0 Å². The fourth-order valence-corrected chi connectivity index (χ4v) is 3.33. The molecule has 0 unspecified atom stereocenters. The van der Waals surface area contributed by atoms with Gasteiger partial charge in [0.15, 0.2) is 5.60 Å². The minimum absolute atomic E-state index is 0.0232. The molecule has 7 heteroatoms. The van der Waals surface area contributed by atoms with Crippen molar-refractivity contribution in [1.29, 1.82) is 0 Å². The molecule has 1 aromatic rings. The second kappa shape index (κ2) is 10.0. The van der Waals surface area contributed by atoms with Crippen molar-refractivity contribution in [3.05, 3.63) is 42.5 Å². The summed E-state index contributed by atoms with van der Waals surface area (Å²) in [7, 11) is 1.58. The van der Waals surface area contributed by atoms with Crippen molar-refractivity contribution in [2.45, 2.75) is 63.3 Å². The summed E-state index contributed by atoms with van der Waals surface area (Å²) in [5.41, 5.74) is -0.488. The highest BCUT2D eigenvalue weighted by Gasteiger charge is 2.51. The van der Waals surface area contributed by atoms with Crippen LogP contribution in [-0.2, 0) is 20.9 Å². The van der Waals surface area contributed by atoms with Crippen molar-refractivity contribution in [3.63, 3.8) is 0 Å². The van der Waals surface area contributed by atoms with Gasteiger partial charge in [0.05, 0.1) is 32.5 Å². The third-order valence-electron chi connectivity index (χ3n) is 4.76. The van der Waals surface area contributed by atoms with Crippen molar-refractivity contribution < 1.29 is 29.2 Å². The van der Waals surface area contributed by atoms with Crippen LogP contribution in [0.1, 0.15) is 32.3 Å². The first kappa shape index (κ1) is 22.4. The highest BCUT2D eigenvalue weighted by molar-refractivity contribution is 5.85. The molecule has 0 bridgehead atoms. The zero-order chi connectivity index (χ0) is 20.7. The van der Waals surface area contributed by atoms with E-state index in [2.05, 4.69) is 11.9 Å². The Labute approximate surface area is 166 Å². The van der Waals surface area contributed by atoms with Gasteiger partial charge in [-0.1, -0.05) is 18.2 Å². The number of nitrogens with one attached hydrogen (secondary N) is 1. The molecule has 3 N–H and O–H groups in total.